The molecular formula is C14H18FNO3. The number of carboxylic acids is 1. The predicted octanol–water partition coefficient (Wildman–Crippen LogP) is 2.44. The van der Waals surface area contributed by atoms with Crippen LogP contribution in [0.2, 0.25) is 0 Å². The third-order valence-corrected chi connectivity index (χ3v) is 3.63. The van der Waals surface area contributed by atoms with Crippen molar-refractivity contribution >= 4 is 11.9 Å². The summed E-state index contributed by atoms with van der Waals surface area (Å²) in [6, 6.07) is 5.08. The molecule has 0 fully saturated rings. The molecule has 0 aliphatic carbocycles. The SMILES string of the molecule is CC(C)(NC(=O)c1ccc(F)cc1)C(C)(C)C(=O)O. The van der Waals surface area contributed by atoms with Crippen LogP contribution in [0.25, 0.3) is 0 Å². The maximum absolute atomic E-state index is 12.8. The number of carboxylic acid groups (broad SMARTS) is 1. The van der Waals surface area contributed by atoms with Crippen LogP contribution in [0.4, 0.5) is 4.39 Å². The average molecular weight is 267 g/mol. The molecule has 1 aromatic rings. The Morgan fingerprint density at radius 3 is 2.00 bits per heavy atom. The Bertz CT molecular complexity index is 492. The Morgan fingerprint density at radius 2 is 1.58 bits per heavy atom. The Balaban J connectivity index is 2.92. The molecule has 5 heteroatoms. The Kier molecular flexibility index (Phi) is 3.98. The zero-order valence-electron chi connectivity index (χ0n) is 11.5. The molecule has 0 aliphatic heterocycles. The lowest BCUT2D eigenvalue weighted by molar-refractivity contribution is -0.150. The second-order valence-electron chi connectivity index (χ2n) is 5.52. The molecule has 0 bridgehead atoms. The molecule has 4 nitrogen and oxygen atoms in total. The minimum absolute atomic E-state index is 0.288. The zero-order valence-corrected chi connectivity index (χ0v) is 11.5. The summed E-state index contributed by atoms with van der Waals surface area (Å²) in [4.78, 5) is 23.2. The molecule has 0 aliphatic rings. The first-order valence-corrected chi connectivity index (χ1v) is 5.89. The van der Waals surface area contributed by atoms with E-state index >= 15 is 0 Å². The number of aliphatic carboxylic acids is 1. The summed E-state index contributed by atoms with van der Waals surface area (Å²) in [5, 5.41) is 11.9. The largest absolute Gasteiger partial charge is 0.481 e. The summed E-state index contributed by atoms with van der Waals surface area (Å²) >= 11 is 0. The third kappa shape index (κ3) is 3.10. The van der Waals surface area contributed by atoms with Crippen LogP contribution >= 0.6 is 0 Å². The van der Waals surface area contributed by atoms with Crippen LogP contribution in [0.3, 0.4) is 0 Å². The highest BCUT2D eigenvalue weighted by molar-refractivity contribution is 5.95. The standard InChI is InChI=1S/C14H18FNO3/c1-13(2,12(18)19)14(3,4)16-11(17)9-5-7-10(15)8-6-9/h5-8H,1-4H3,(H,16,17)(H,18,19). The van der Waals surface area contributed by atoms with Gasteiger partial charge in [-0.2, -0.15) is 0 Å². The summed E-state index contributed by atoms with van der Waals surface area (Å²) in [7, 11) is 0. The van der Waals surface area contributed by atoms with E-state index in [0.29, 0.717) is 0 Å². The van der Waals surface area contributed by atoms with Gasteiger partial charge in [0, 0.05) is 5.56 Å². The Labute approximate surface area is 111 Å². The molecule has 0 radical (unpaired) electrons. The minimum Gasteiger partial charge on any atom is -0.481 e. The fraction of sp³-hybridized carbons (Fsp3) is 0.429. The highest BCUT2D eigenvalue weighted by Gasteiger charge is 2.44. The number of carbonyl (C=O) groups is 2. The number of halogens is 1. The predicted molar refractivity (Wildman–Crippen MR) is 69.4 cm³/mol. The summed E-state index contributed by atoms with van der Waals surface area (Å²) in [6.07, 6.45) is 0. The maximum atomic E-state index is 12.8. The highest BCUT2D eigenvalue weighted by Crippen LogP contribution is 2.30. The van der Waals surface area contributed by atoms with Gasteiger partial charge in [0.25, 0.3) is 5.91 Å². The first kappa shape index (κ1) is 15.1. The summed E-state index contributed by atoms with van der Waals surface area (Å²) < 4.78 is 12.8. The average Bonchev–Trinajstić information content (AvgIpc) is 2.28. The Morgan fingerprint density at radius 1 is 1.11 bits per heavy atom. The van der Waals surface area contributed by atoms with E-state index in [1.54, 1.807) is 27.7 Å². The molecular weight excluding hydrogens is 249 g/mol. The molecule has 0 heterocycles. The molecule has 1 rings (SSSR count). The number of hydrogen-bond acceptors (Lipinski definition) is 2. The van der Waals surface area contributed by atoms with Gasteiger partial charge >= 0.3 is 5.97 Å². The van der Waals surface area contributed by atoms with Crippen LogP contribution in [0, 0.1) is 11.2 Å². The number of carbonyl (C=O) groups excluding carboxylic acids is 1. The van der Waals surface area contributed by atoms with Crippen LogP contribution in [-0.4, -0.2) is 22.5 Å². The first-order chi connectivity index (χ1) is 8.58. The van der Waals surface area contributed by atoms with Crippen molar-refractivity contribution < 1.29 is 19.1 Å². The number of hydrogen-bond donors (Lipinski definition) is 2. The van der Waals surface area contributed by atoms with Gasteiger partial charge < -0.3 is 10.4 Å². The normalized spacial score (nSPS) is 12.1. The molecule has 2 N–H and O–H groups in total. The van der Waals surface area contributed by atoms with Crippen LogP contribution in [-0.2, 0) is 4.79 Å². The van der Waals surface area contributed by atoms with Crippen LogP contribution in [0.1, 0.15) is 38.1 Å². The van der Waals surface area contributed by atoms with Gasteiger partial charge in [-0.05, 0) is 52.0 Å². The molecule has 1 amide bonds. The van der Waals surface area contributed by atoms with Crippen molar-refractivity contribution in [3.63, 3.8) is 0 Å². The van der Waals surface area contributed by atoms with Gasteiger partial charge in [0.2, 0.25) is 0 Å². The third-order valence-electron chi connectivity index (χ3n) is 3.63. The van der Waals surface area contributed by atoms with E-state index in [1.165, 1.54) is 24.3 Å². The van der Waals surface area contributed by atoms with Gasteiger partial charge in [-0.15, -0.1) is 0 Å². The van der Waals surface area contributed by atoms with Crippen molar-refractivity contribution in [1.82, 2.24) is 5.32 Å². The maximum Gasteiger partial charge on any atom is 0.311 e. The highest BCUT2D eigenvalue weighted by atomic mass is 19.1. The number of nitrogens with one attached hydrogen (secondary N) is 1. The fourth-order valence-corrected chi connectivity index (χ4v) is 1.38. The van der Waals surface area contributed by atoms with E-state index in [9.17, 15) is 19.1 Å². The number of rotatable bonds is 4. The molecule has 0 unspecified atom stereocenters. The first-order valence-electron chi connectivity index (χ1n) is 5.89. The van der Waals surface area contributed by atoms with Gasteiger partial charge in [-0.25, -0.2) is 4.39 Å². The lowest BCUT2D eigenvalue weighted by Gasteiger charge is -2.38. The van der Waals surface area contributed by atoms with Crippen molar-refractivity contribution in [3.8, 4) is 0 Å². The Hall–Kier alpha value is -1.91. The second kappa shape index (κ2) is 4.99. The van der Waals surface area contributed by atoms with Gasteiger partial charge in [0.15, 0.2) is 0 Å². The van der Waals surface area contributed by atoms with Crippen LogP contribution in [0.15, 0.2) is 24.3 Å². The van der Waals surface area contributed by atoms with Crippen molar-refractivity contribution in [1.29, 1.82) is 0 Å². The molecule has 0 spiro atoms. The number of amides is 1. The van der Waals surface area contributed by atoms with Crippen molar-refractivity contribution in [3.05, 3.63) is 35.6 Å². The summed E-state index contributed by atoms with van der Waals surface area (Å²) in [6.45, 7) is 6.37. The van der Waals surface area contributed by atoms with Gasteiger partial charge in [-0.3, -0.25) is 9.59 Å². The van der Waals surface area contributed by atoms with E-state index in [-0.39, 0.29) is 5.56 Å². The molecule has 104 valence electrons. The van der Waals surface area contributed by atoms with Gasteiger partial charge in [0.1, 0.15) is 5.82 Å². The van der Waals surface area contributed by atoms with Gasteiger partial charge in [-0.1, -0.05) is 0 Å². The van der Waals surface area contributed by atoms with Crippen molar-refractivity contribution in [2.24, 2.45) is 5.41 Å². The fourth-order valence-electron chi connectivity index (χ4n) is 1.38. The molecule has 1 aromatic carbocycles. The van der Waals surface area contributed by atoms with Crippen molar-refractivity contribution in [2.45, 2.75) is 33.2 Å². The molecule has 0 saturated carbocycles. The molecule has 0 saturated heterocycles. The molecule has 0 aromatic heterocycles. The molecule has 0 atom stereocenters. The number of benzene rings is 1. The topological polar surface area (TPSA) is 66.4 Å². The monoisotopic (exact) mass is 267 g/mol. The summed E-state index contributed by atoms with van der Waals surface area (Å²) in [5.41, 5.74) is -1.80. The van der Waals surface area contributed by atoms with E-state index in [2.05, 4.69) is 5.32 Å². The molecule has 19 heavy (non-hydrogen) atoms. The lowest BCUT2D eigenvalue weighted by atomic mass is 9.74. The van der Waals surface area contributed by atoms with Crippen molar-refractivity contribution in [2.75, 3.05) is 0 Å². The smallest absolute Gasteiger partial charge is 0.311 e. The van der Waals surface area contributed by atoms with E-state index in [4.69, 9.17) is 0 Å². The minimum atomic E-state index is -1.14. The van der Waals surface area contributed by atoms with E-state index in [1.807, 2.05) is 0 Å². The second-order valence-corrected chi connectivity index (χ2v) is 5.52. The van der Waals surface area contributed by atoms with Gasteiger partial charge in [0.05, 0.1) is 11.0 Å². The lowest BCUT2D eigenvalue weighted by Crippen LogP contribution is -2.56. The quantitative estimate of drug-likeness (QED) is 0.880. The van der Waals surface area contributed by atoms with Crippen LogP contribution in [0.5, 0.6) is 0 Å². The zero-order chi connectivity index (χ0) is 14.8. The van der Waals surface area contributed by atoms with E-state index in [0.717, 1.165) is 0 Å². The van der Waals surface area contributed by atoms with Crippen LogP contribution < -0.4 is 5.32 Å². The van der Waals surface area contributed by atoms with E-state index < -0.39 is 28.6 Å². The summed E-state index contributed by atoms with van der Waals surface area (Å²) in [5.74, 6) is -1.86.